The van der Waals surface area contributed by atoms with E-state index in [9.17, 15) is 14.9 Å². The topological polar surface area (TPSA) is 78.7 Å². The van der Waals surface area contributed by atoms with Crippen molar-refractivity contribution < 1.29 is 19.2 Å². The monoisotopic (exact) mass is 239 g/mol. The number of carbonyl (C=O) groups excluding carboxylic acids is 1. The van der Waals surface area contributed by atoms with Crippen molar-refractivity contribution in [3.05, 3.63) is 39.9 Å². The van der Waals surface area contributed by atoms with Crippen LogP contribution >= 0.6 is 0 Å². The van der Waals surface area contributed by atoms with Gasteiger partial charge in [-0.15, -0.1) is 0 Å². The molecule has 0 saturated carbocycles. The smallest absolute Gasteiger partial charge is 0.305 e. The summed E-state index contributed by atoms with van der Waals surface area (Å²) in [6, 6.07) is 6.00. The van der Waals surface area contributed by atoms with Gasteiger partial charge in [-0.25, -0.2) is 0 Å². The molecule has 0 heterocycles. The molecule has 1 unspecified atom stereocenters. The lowest BCUT2D eigenvalue weighted by atomic mass is 10.1. The van der Waals surface area contributed by atoms with Crippen LogP contribution in [0.2, 0.25) is 0 Å². The number of para-hydroxylation sites is 1. The number of benzene rings is 1. The third-order valence-electron chi connectivity index (χ3n) is 1.98. The van der Waals surface area contributed by atoms with Gasteiger partial charge in [0, 0.05) is 19.6 Å². The second-order valence-electron chi connectivity index (χ2n) is 3.21. The fourth-order valence-corrected chi connectivity index (χ4v) is 1.34. The summed E-state index contributed by atoms with van der Waals surface area (Å²) in [5.41, 5.74) is 0.0988. The zero-order valence-electron chi connectivity index (χ0n) is 9.58. The summed E-state index contributed by atoms with van der Waals surface area (Å²) >= 11 is 0. The van der Waals surface area contributed by atoms with Gasteiger partial charge in [0.05, 0.1) is 10.5 Å². The number of nitro groups is 1. The van der Waals surface area contributed by atoms with Crippen molar-refractivity contribution in [2.45, 2.75) is 20.1 Å². The zero-order valence-corrected chi connectivity index (χ0v) is 9.58. The van der Waals surface area contributed by atoms with Crippen molar-refractivity contribution in [3.63, 3.8) is 0 Å². The summed E-state index contributed by atoms with van der Waals surface area (Å²) in [6.07, 6.45) is -1.04. The zero-order chi connectivity index (χ0) is 12.8. The Hall–Kier alpha value is -1.95. The number of hydrogen-bond acceptors (Lipinski definition) is 5. The van der Waals surface area contributed by atoms with Crippen molar-refractivity contribution in [2.75, 3.05) is 6.61 Å². The van der Waals surface area contributed by atoms with Crippen LogP contribution in [-0.2, 0) is 14.3 Å². The fourth-order valence-electron chi connectivity index (χ4n) is 1.34. The maximum absolute atomic E-state index is 10.9. The standard InChI is InChI=1S/C11H13NO5/c1-3-16-11(17-8(2)13)9-6-4-5-7-10(9)12(14)15/h4-7,11H,3H2,1-2H3. The summed E-state index contributed by atoms with van der Waals surface area (Å²) in [6.45, 7) is 3.22. The molecule has 1 aromatic rings. The Labute approximate surface area is 98.3 Å². The SMILES string of the molecule is CCOC(OC(C)=O)c1ccccc1[N+](=O)[O-]. The molecule has 92 valence electrons. The third kappa shape index (κ3) is 3.53. The van der Waals surface area contributed by atoms with Gasteiger partial charge >= 0.3 is 5.97 Å². The second kappa shape index (κ2) is 5.95. The Morgan fingerprint density at radius 3 is 2.65 bits per heavy atom. The second-order valence-corrected chi connectivity index (χ2v) is 3.21. The number of carbonyl (C=O) groups is 1. The van der Waals surface area contributed by atoms with Crippen LogP contribution < -0.4 is 0 Å². The minimum atomic E-state index is -1.04. The Morgan fingerprint density at radius 2 is 2.12 bits per heavy atom. The lowest BCUT2D eigenvalue weighted by molar-refractivity contribution is -0.387. The first-order chi connectivity index (χ1) is 8.06. The van der Waals surface area contributed by atoms with Crippen LogP contribution in [0.1, 0.15) is 25.7 Å². The van der Waals surface area contributed by atoms with Crippen LogP contribution in [0.4, 0.5) is 5.69 Å². The van der Waals surface area contributed by atoms with E-state index in [0.29, 0.717) is 0 Å². The summed E-state index contributed by atoms with van der Waals surface area (Å²) in [4.78, 5) is 21.2. The molecule has 17 heavy (non-hydrogen) atoms. The highest BCUT2D eigenvalue weighted by Gasteiger charge is 2.24. The molecule has 1 rings (SSSR count). The molecule has 0 N–H and O–H groups in total. The first kappa shape index (κ1) is 13.1. The molecule has 0 spiro atoms. The number of nitrogens with zero attached hydrogens (tertiary/aromatic N) is 1. The van der Waals surface area contributed by atoms with Crippen molar-refractivity contribution in [1.29, 1.82) is 0 Å². The predicted molar refractivity (Wildman–Crippen MR) is 59.2 cm³/mol. The van der Waals surface area contributed by atoms with Crippen LogP contribution in [0.5, 0.6) is 0 Å². The van der Waals surface area contributed by atoms with E-state index in [0.717, 1.165) is 0 Å². The average Bonchev–Trinajstić information content (AvgIpc) is 2.28. The Morgan fingerprint density at radius 1 is 1.47 bits per heavy atom. The summed E-state index contributed by atoms with van der Waals surface area (Å²) in [5, 5.41) is 10.8. The van der Waals surface area contributed by atoms with Gasteiger partial charge in [0.25, 0.3) is 5.69 Å². The van der Waals surface area contributed by atoms with Gasteiger partial charge in [-0.2, -0.15) is 0 Å². The quantitative estimate of drug-likeness (QED) is 0.340. The molecule has 0 aliphatic heterocycles. The van der Waals surface area contributed by atoms with Gasteiger partial charge in [0.2, 0.25) is 6.29 Å². The number of nitro benzene ring substituents is 1. The van der Waals surface area contributed by atoms with Gasteiger partial charge < -0.3 is 9.47 Å². The van der Waals surface area contributed by atoms with Crippen molar-refractivity contribution >= 4 is 11.7 Å². The van der Waals surface area contributed by atoms with Gasteiger partial charge in [-0.05, 0) is 13.0 Å². The largest absolute Gasteiger partial charge is 0.431 e. The summed E-state index contributed by atoms with van der Waals surface area (Å²) in [7, 11) is 0. The van der Waals surface area contributed by atoms with E-state index in [2.05, 4.69) is 0 Å². The summed E-state index contributed by atoms with van der Waals surface area (Å²) in [5.74, 6) is -0.554. The van der Waals surface area contributed by atoms with E-state index in [1.807, 2.05) is 0 Å². The Balaban J connectivity index is 3.08. The molecular formula is C11H13NO5. The minimum absolute atomic E-state index is 0.132. The summed E-state index contributed by atoms with van der Waals surface area (Å²) < 4.78 is 10.1. The Kier molecular flexibility index (Phi) is 4.59. The molecule has 6 nitrogen and oxygen atoms in total. The molecule has 0 aliphatic carbocycles. The number of rotatable bonds is 5. The minimum Gasteiger partial charge on any atom is -0.431 e. The fraction of sp³-hybridized carbons (Fsp3) is 0.364. The molecule has 0 bridgehead atoms. The van der Waals surface area contributed by atoms with Crippen LogP contribution in [0.15, 0.2) is 24.3 Å². The predicted octanol–water partition coefficient (Wildman–Crippen LogP) is 2.19. The van der Waals surface area contributed by atoms with Crippen molar-refractivity contribution in [1.82, 2.24) is 0 Å². The maximum Gasteiger partial charge on any atom is 0.305 e. The van der Waals surface area contributed by atoms with Crippen LogP contribution in [0, 0.1) is 10.1 Å². The van der Waals surface area contributed by atoms with Crippen molar-refractivity contribution in [3.8, 4) is 0 Å². The molecule has 0 fully saturated rings. The van der Waals surface area contributed by atoms with Gasteiger partial charge in [-0.3, -0.25) is 14.9 Å². The van der Waals surface area contributed by atoms with Crippen molar-refractivity contribution in [2.24, 2.45) is 0 Å². The van der Waals surface area contributed by atoms with Crippen LogP contribution in [-0.4, -0.2) is 17.5 Å². The highest BCUT2D eigenvalue weighted by Crippen LogP contribution is 2.28. The Bertz CT molecular complexity index is 418. The van der Waals surface area contributed by atoms with Gasteiger partial charge in [0.15, 0.2) is 0 Å². The molecule has 1 aromatic carbocycles. The van der Waals surface area contributed by atoms with Crippen LogP contribution in [0.3, 0.4) is 0 Å². The molecule has 0 aliphatic rings. The maximum atomic E-state index is 10.9. The lowest BCUT2D eigenvalue weighted by Crippen LogP contribution is -2.13. The van der Waals surface area contributed by atoms with Gasteiger partial charge in [-0.1, -0.05) is 12.1 Å². The molecule has 0 saturated heterocycles. The highest BCUT2D eigenvalue weighted by atomic mass is 16.7. The molecule has 6 heteroatoms. The van der Waals surface area contributed by atoms with E-state index in [1.54, 1.807) is 19.1 Å². The number of hydrogen-bond donors (Lipinski definition) is 0. The van der Waals surface area contributed by atoms with E-state index >= 15 is 0 Å². The normalized spacial score (nSPS) is 11.9. The van der Waals surface area contributed by atoms with E-state index < -0.39 is 17.2 Å². The highest BCUT2D eigenvalue weighted by molar-refractivity contribution is 5.66. The first-order valence-electron chi connectivity index (χ1n) is 5.08. The number of ether oxygens (including phenoxy) is 2. The first-order valence-corrected chi connectivity index (χ1v) is 5.08. The number of esters is 1. The molecule has 1 atom stereocenters. The van der Waals surface area contributed by atoms with E-state index in [-0.39, 0.29) is 17.9 Å². The third-order valence-corrected chi connectivity index (χ3v) is 1.98. The van der Waals surface area contributed by atoms with E-state index in [1.165, 1.54) is 19.1 Å². The molecule has 0 radical (unpaired) electrons. The molecular weight excluding hydrogens is 226 g/mol. The van der Waals surface area contributed by atoms with Gasteiger partial charge in [0.1, 0.15) is 0 Å². The van der Waals surface area contributed by atoms with Crippen LogP contribution in [0.25, 0.3) is 0 Å². The van der Waals surface area contributed by atoms with E-state index in [4.69, 9.17) is 9.47 Å². The molecule has 0 amide bonds. The lowest BCUT2D eigenvalue weighted by Gasteiger charge is -2.16. The molecule has 0 aromatic heterocycles. The average molecular weight is 239 g/mol.